The number of hydrogen-bond acceptors (Lipinski definition) is 7. The second kappa shape index (κ2) is 12.7. The van der Waals surface area contributed by atoms with Crippen molar-refractivity contribution in [2.24, 2.45) is 5.92 Å². The molecule has 2 heterocycles. The van der Waals surface area contributed by atoms with Crippen LogP contribution >= 0.6 is 11.3 Å². The SMILES string of the molecule is C[C@H](CO)N1C[C@H](C)[C@H](CN(C)C(=O)Nc2ccccc2)Oc2ccc(NS(=O)(=O)c3cccs3)cc2CC1=O. The number of aliphatic hydroxyl groups excluding tert-OH is 1. The van der Waals surface area contributed by atoms with E-state index in [-0.39, 0.29) is 41.6 Å². The molecule has 0 fully saturated rings. The Bertz CT molecular complexity index is 1420. The predicted octanol–water partition coefficient (Wildman–Crippen LogP) is 3.86. The van der Waals surface area contributed by atoms with Gasteiger partial charge in [-0.1, -0.05) is 31.2 Å². The number of sulfonamides is 1. The molecule has 0 saturated carbocycles. The summed E-state index contributed by atoms with van der Waals surface area (Å²) in [5, 5.41) is 14.4. The van der Waals surface area contributed by atoms with E-state index in [9.17, 15) is 23.1 Å². The first-order chi connectivity index (χ1) is 19.1. The molecule has 0 aliphatic carbocycles. The third-order valence-electron chi connectivity index (χ3n) is 6.75. The molecule has 1 aliphatic rings. The Morgan fingerprint density at radius 1 is 1.18 bits per heavy atom. The summed E-state index contributed by atoms with van der Waals surface area (Å²) in [4.78, 5) is 29.4. The lowest BCUT2D eigenvalue weighted by Crippen LogP contribution is -2.48. The molecule has 0 bridgehead atoms. The summed E-state index contributed by atoms with van der Waals surface area (Å²) in [6, 6.07) is 16.4. The number of ether oxygens (including phenoxy) is 1. The lowest BCUT2D eigenvalue weighted by atomic mass is 10.0. The maximum absolute atomic E-state index is 13.4. The maximum atomic E-state index is 13.4. The highest BCUT2D eigenvalue weighted by Gasteiger charge is 2.32. The average Bonchev–Trinajstić information content (AvgIpc) is 3.49. The molecule has 3 amide bonds. The fourth-order valence-corrected chi connectivity index (χ4v) is 6.47. The number of thiophene rings is 1. The first-order valence-electron chi connectivity index (χ1n) is 12.9. The number of carbonyl (C=O) groups excluding carboxylic acids is 2. The molecular formula is C28H34N4O6S2. The Morgan fingerprint density at radius 2 is 1.93 bits per heavy atom. The number of nitrogens with zero attached hydrogens (tertiary/aromatic N) is 2. The van der Waals surface area contributed by atoms with Crippen molar-refractivity contribution in [1.82, 2.24) is 9.80 Å². The molecule has 4 rings (SSSR count). The number of para-hydroxylation sites is 1. The Kier molecular flexibility index (Phi) is 9.33. The number of rotatable bonds is 8. The van der Waals surface area contributed by atoms with E-state index in [2.05, 4.69) is 10.0 Å². The third kappa shape index (κ3) is 7.12. The Labute approximate surface area is 238 Å². The number of urea groups is 1. The van der Waals surface area contributed by atoms with E-state index in [4.69, 9.17) is 4.74 Å². The summed E-state index contributed by atoms with van der Waals surface area (Å²) in [5.74, 6) is 0.0138. The van der Waals surface area contributed by atoms with Crippen molar-refractivity contribution >= 4 is 44.7 Å². The lowest BCUT2D eigenvalue weighted by Gasteiger charge is -2.34. The van der Waals surface area contributed by atoms with Crippen molar-refractivity contribution in [1.29, 1.82) is 0 Å². The maximum Gasteiger partial charge on any atom is 0.321 e. The van der Waals surface area contributed by atoms with Crippen LogP contribution in [-0.2, 0) is 21.2 Å². The number of fused-ring (bicyclic) bond motifs is 1. The van der Waals surface area contributed by atoms with Crippen LogP contribution in [0.5, 0.6) is 5.75 Å². The van der Waals surface area contributed by atoms with Gasteiger partial charge in [-0.15, -0.1) is 11.3 Å². The second-order valence-electron chi connectivity index (χ2n) is 9.92. The van der Waals surface area contributed by atoms with Gasteiger partial charge >= 0.3 is 6.03 Å². The number of hydrogen-bond donors (Lipinski definition) is 3. The van der Waals surface area contributed by atoms with Gasteiger partial charge in [0.25, 0.3) is 10.0 Å². The summed E-state index contributed by atoms with van der Waals surface area (Å²) in [6.07, 6.45) is -0.545. The average molecular weight is 587 g/mol. The van der Waals surface area contributed by atoms with Gasteiger partial charge in [-0.2, -0.15) is 0 Å². The fraction of sp³-hybridized carbons (Fsp3) is 0.357. The highest BCUT2D eigenvalue weighted by Crippen LogP contribution is 2.30. The summed E-state index contributed by atoms with van der Waals surface area (Å²) in [6.45, 7) is 4.03. The minimum absolute atomic E-state index is 0.0436. The van der Waals surface area contributed by atoms with Crippen molar-refractivity contribution in [3.05, 3.63) is 71.6 Å². The minimum atomic E-state index is -3.78. The summed E-state index contributed by atoms with van der Waals surface area (Å²) < 4.78 is 34.8. The van der Waals surface area contributed by atoms with Gasteiger partial charge in [-0.3, -0.25) is 9.52 Å². The van der Waals surface area contributed by atoms with Crippen molar-refractivity contribution in [2.45, 2.75) is 36.6 Å². The molecular weight excluding hydrogens is 552 g/mol. The highest BCUT2D eigenvalue weighted by molar-refractivity contribution is 7.94. The Balaban J connectivity index is 1.61. The van der Waals surface area contributed by atoms with Crippen LogP contribution in [-0.4, -0.2) is 74.2 Å². The number of nitrogens with one attached hydrogen (secondary N) is 2. The first kappa shape index (κ1) is 29.4. The number of benzene rings is 2. The largest absolute Gasteiger partial charge is 0.488 e. The van der Waals surface area contributed by atoms with E-state index < -0.39 is 22.2 Å². The van der Waals surface area contributed by atoms with Crippen molar-refractivity contribution in [2.75, 3.05) is 36.8 Å². The van der Waals surface area contributed by atoms with Crippen LogP contribution in [0.4, 0.5) is 16.2 Å². The molecule has 0 radical (unpaired) electrons. The Hall–Kier alpha value is -3.61. The molecule has 1 aliphatic heterocycles. The fourth-order valence-electron chi connectivity index (χ4n) is 4.43. The van der Waals surface area contributed by atoms with Crippen LogP contribution < -0.4 is 14.8 Å². The van der Waals surface area contributed by atoms with Crippen LogP contribution in [0.3, 0.4) is 0 Å². The molecule has 3 atom stereocenters. The normalized spacial score (nSPS) is 18.4. The van der Waals surface area contributed by atoms with Crippen LogP contribution in [0.2, 0.25) is 0 Å². The Morgan fingerprint density at radius 3 is 2.60 bits per heavy atom. The number of carbonyl (C=O) groups is 2. The van der Waals surface area contributed by atoms with E-state index in [1.54, 1.807) is 60.6 Å². The molecule has 2 aromatic carbocycles. The van der Waals surface area contributed by atoms with Gasteiger partial charge < -0.3 is 25.0 Å². The highest BCUT2D eigenvalue weighted by atomic mass is 32.2. The molecule has 214 valence electrons. The molecule has 3 N–H and O–H groups in total. The van der Waals surface area contributed by atoms with E-state index in [1.807, 2.05) is 25.1 Å². The lowest BCUT2D eigenvalue weighted by molar-refractivity contribution is -0.134. The van der Waals surface area contributed by atoms with E-state index in [0.717, 1.165) is 11.3 Å². The molecule has 0 spiro atoms. The van der Waals surface area contributed by atoms with Gasteiger partial charge in [0, 0.05) is 36.4 Å². The number of likely N-dealkylation sites (N-methyl/N-ethyl adjacent to an activating group) is 1. The van der Waals surface area contributed by atoms with Crippen molar-refractivity contribution in [3.63, 3.8) is 0 Å². The monoisotopic (exact) mass is 586 g/mol. The van der Waals surface area contributed by atoms with Gasteiger partial charge in [-0.25, -0.2) is 13.2 Å². The predicted molar refractivity (Wildman–Crippen MR) is 155 cm³/mol. The summed E-state index contributed by atoms with van der Waals surface area (Å²) in [7, 11) is -2.11. The zero-order valence-electron chi connectivity index (χ0n) is 22.6. The number of anilines is 2. The second-order valence-corrected chi connectivity index (χ2v) is 12.8. The first-order valence-corrected chi connectivity index (χ1v) is 15.3. The van der Waals surface area contributed by atoms with Gasteiger partial charge in [-0.05, 0) is 48.7 Å². The number of aliphatic hydroxyl groups is 1. The van der Waals surface area contributed by atoms with Crippen LogP contribution in [0.25, 0.3) is 0 Å². The van der Waals surface area contributed by atoms with Gasteiger partial charge in [0.15, 0.2) is 0 Å². The van der Waals surface area contributed by atoms with Gasteiger partial charge in [0.1, 0.15) is 16.1 Å². The molecule has 10 nitrogen and oxygen atoms in total. The summed E-state index contributed by atoms with van der Waals surface area (Å²) >= 11 is 1.10. The molecule has 0 saturated heterocycles. The topological polar surface area (TPSA) is 128 Å². The zero-order valence-corrected chi connectivity index (χ0v) is 24.2. The standard InChI is InChI=1S/C28H34N4O6S2/c1-19-16-32(20(2)18-33)26(34)15-21-14-23(30-40(36,37)27-10-7-13-39-27)11-12-24(21)38-25(19)17-31(3)28(35)29-22-8-5-4-6-9-22/h4-14,19-20,25,30,33H,15-18H2,1-3H3,(H,29,35)/t19-,20+,25-/m0/s1. The van der Waals surface area contributed by atoms with Crippen molar-refractivity contribution in [3.8, 4) is 5.75 Å². The smallest absolute Gasteiger partial charge is 0.321 e. The van der Waals surface area contributed by atoms with Gasteiger partial charge in [0.2, 0.25) is 5.91 Å². The molecule has 3 aromatic rings. The van der Waals surface area contributed by atoms with Crippen LogP contribution in [0.15, 0.2) is 70.3 Å². The molecule has 40 heavy (non-hydrogen) atoms. The minimum Gasteiger partial charge on any atom is -0.488 e. The molecule has 12 heteroatoms. The van der Waals surface area contributed by atoms with Gasteiger partial charge in [0.05, 0.1) is 25.6 Å². The zero-order chi connectivity index (χ0) is 28.9. The molecule has 0 unspecified atom stereocenters. The quantitative estimate of drug-likeness (QED) is 0.368. The van der Waals surface area contributed by atoms with Crippen LogP contribution in [0.1, 0.15) is 19.4 Å². The summed E-state index contributed by atoms with van der Waals surface area (Å²) in [5.41, 5.74) is 1.47. The van der Waals surface area contributed by atoms with E-state index in [1.165, 1.54) is 11.0 Å². The molecule has 1 aromatic heterocycles. The third-order valence-corrected chi connectivity index (χ3v) is 9.53. The van der Waals surface area contributed by atoms with E-state index in [0.29, 0.717) is 29.2 Å². The van der Waals surface area contributed by atoms with E-state index >= 15 is 0 Å². The number of amides is 3. The van der Waals surface area contributed by atoms with Crippen LogP contribution in [0, 0.1) is 5.92 Å². The van der Waals surface area contributed by atoms with Crippen molar-refractivity contribution < 1.29 is 27.9 Å².